The fourth-order valence-corrected chi connectivity index (χ4v) is 4.44. The molecule has 0 aliphatic heterocycles. The smallest absolute Gasteiger partial charge is 0.114 e. The zero-order valence-electron chi connectivity index (χ0n) is 24.1. The minimum Gasteiger partial charge on any atom is -0.380 e. The molecule has 0 fully saturated rings. The van der Waals surface area contributed by atoms with E-state index in [9.17, 15) is 5.11 Å². The number of allylic oxidation sites excluding steroid dienone is 4. The van der Waals surface area contributed by atoms with Crippen molar-refractivity contribution in [1.29, 1.82) is 0 Å². The Morgan fingerprint density at radius 3 is 1.56 bits per heavy atom. The van der Waals surface area contributed by atoms with E-state index in [4.69, 9.17) is 6.42 Å². The Labute approximate surface area is 227 Å². The molecule has 0 amide bonds. The second kappa shape index (κ2) is 31.6. The Balaban J connectivity index is 3.25. The van der Waals surface area contributed by atoms with Gasteiger partial charge in [-0.15, -0.1) is 18.3 Å². The molecule has 0 aliphatic carbocycles. The SMILES string of the molecule is C#C[C@H](O)CCCCCCC#CCC/C=C\CC/C=C\CCCCCCCCCCCCCCCC. The van der Waals surface area contributed by atoms with Crippen LogP contribution >= 0.6 is 0 Å². The summed E-state index contributed by atoms with van der Waals surface area (Å²) in [6.45, 7) is 2.29. The van der Waals surface area contributed by atoms with Crippen LogP contribution in [0.25, 0.3) is 0 Å². The molecule has 1 heteroatoms. The van der Waals surface area contributed by atoms with Gasteiger partial charge in [-0.1, -0.05) is 133 Å². The van der Waals surface area contributed by atoms with Crippen LogP contribution in [0.2, 0.25) is 0 Å². The number of aliphatic hydroxyl groups is 1. The highest BCUT2D eigenvalue weighted by Crippen LogP contribution is 2.13. The van der Waals surface area contributed by atoms with E-state index in [1.807, 2.05) is 0 Å². The zero-order chi connectivity index (χ0) is 26.2. The van der Waals surface area contributed by atoms with Gasteiger partial charge < -0.3 is 5.11 Å². The molecule has 0 aromatic rings. The zero-order valence-corrected chi connectivity index (χ0v) is 24.1. The van der Waals surface area contributed by atoms with Crippen molar-refractivity contribution in [3.63, 3.8) is 0 Å². The first-order chi connectivity index (χ1) is 17.8. The molecule has 206 valence electrons. The third-order valence-corrected chi connectivity index (χ3v) is 6.84. The molecule has 1 N–H and O–H groups in total. The molecule has 0 aromatic carbocycles. The van der Waals surface area contributed by atoms with Crippen LogP contribution in [-0.2, 0) is 0 Å². The number of terminal acetylenes is 1. The van der Waals surface area contributed by atoms with Crippen LogP contribution in [0.15, 0.2) is 24.3 Å². The monoisotopic (exact) mass is 496 g/mol. The average molecular weight is 497 g/mol. The third-order valence-electron chi connectivity index (χ3n) is 6.84. The maximum Gasteiger partial charge on any atom is 0.114 e. The van der Waals surface area contributed by atoms with Crippen molar-refractivity contribution in [1.82, 2.24) is 0 Å². The van der Waals surface area contributed by atoms with E-state index in [-0.39, 0.29) is 0 Å². The van der Waals surface area contributed by atoms with Crippen molar-refractivity contribution in [3.05, 3.63) is 24.3 Å². The minimum atomic E-state index is -0.562. The first-order valence-electron chi connectivity index (χ1n) is 15.7. The molecule has 0 saturated heterocycles. The summed E-state index contributed by atoms with van der Waals surface area (Å²) in [4.78, 5) is 0. The van der Waals surface area contributed by atoms with Crippen LogP contribution in [0, 0.1) is 24.2 Å². The predicted octanol–water partition coefficient (Wildman–Crippen LogP) is 10.9. The maximum absolute atomic E-state index is 9.30. The number of aliphatic hydroxyl groups excluding tert-OH is 1. The van der Waals surface area contributed by atoms with Crippen molar-refractivity contribution in [2.24, 2.45) is 0 Å². The fraction of sp³-hybridized carbons (Fsp3) is 0.771. The Hall–Kier alpha value is -1.44. The normalized spacial score (nSPS) is 12.1. The second-order valence-corrected chi connectivity index (χ2v) is 10.4. The maximum atomic E-state index is 9.30. The van der Waals surface area contributed by atoms with E-state index < -0.39 is 6.10 Å². The first kappa shape index (κ1) is 34.6. The molecular formula is C35H60O. The number of rotatable bonds is 26. The summed E-state index contributed by atoms with van der Waals surface area (Å²) in [5.74, 6) is 8.93. The summed E-state index contributed by atoms with van der Waals surface area (Å²) in [6, 6.07) is 0. The Kier molecular flexibility index (Phi) is 30.3. The average Bonchev–Trinajstić information content (AvgIpc) is 2.89. The lowest BCUT2D eigenvalue weighted by molar-refractivity contribution is 0.217. The quantitative estimate of drug-likeness (QED) is 0.0717. The highest BCUT2D eigenvalue weighted by atomic mass is 16.3. The van der Waals surface area contributed by atoms with Gasteiger partial charge in [-0.3, -0.25) is 0 Å². The van der Waals surface area contributed by atoms with Crippen molar-refractivity contribution in [2.45, 2.75) is 174 Å². The van der Waals surface area contributed by atoms with E-state index in [1.165, 1.54) is 109 Å². The molecule has 0 unspecified atom stereocenters. The van der Waals surface area contributed by atoms with E-state index in [0.717, 1.165) is 51.4 Å². The third kappa shape index (κ3) is 30.6. The van der Waals surface area contributed by atoms with E-state index in [2.05, 4.69) is 49.0 Å². The molecule has 1 nitrogen and oxygen atoms in total. The molecule has 36 heavy (non-hydrogen) atoms. The number of hydrogen-bond acceptors (Lipinski definition) is 1. The van der Waals surface area contributed by atoms with Gasteiger partial charge in [-0.05, 0) is 51.4 Å². The highest BCUT2D eigenvalue weighted by Gasteiger charge is 1.97. The number of unbranched alkanes of at least 4 members (excludes halogenated alkanes) is 20. The Morgan fingerprint density at radius 2 is 0.972 bits per heavy atom. The molecule has 0 saturated carbocycles. The van der Waals surface area contributed by atoms with E-state index in [1.54, 1.807) is 0 Å². The first-order valence-corrected chi connectivity index (χ1v) is 15.7. The number of hydrogen-bond donors (Lipinski definition) is 1. The molecule has 0 radical (unpaired) electrons. The molecular weight excluding hydrogens is 436 g/mol. The van der Waals surface area contributed by atoms with E-state index in [0.29, 0.717) is 0 Å². The molecule has 0 heterocycles. The summed E-state index contributed by atoms with van der Waals surface area (Å²) >= 11 is 0. The molecule has 0 rings (SSSR count). The van der Waals surface area contributed by atoms with Crippen LogP contribution in [0.1, 0.15) is 167 Å². The molecule has 0 aliphatic rings. The van der Waals surface area contributed by atoms with Crippen LogP contribution in [0.3, 0.4) is 0 Å². The van der Waals surface area contributed by atoms with Crippen LogP contribution in [-0.4, -0.2) is 11.2 Å². The summed E-state index contributed by atoms with van der Waals surface area (Å²) in [6.07, 6.45) is 45.8. The van der Waals surface area contributed by atoms with E-state index >= 15 is 0 Å². The van der Waals surface area contributed by atoms with Crippen molar-refractivity contribution < 1.29 is 5.11 Å². The second-order valence-electron chi connectivity index (χ2n) is 10.4. The molecule has 1 atom stereocenters. The van der Waals surface area contributed by atoms with Gasteiger partial charge in [0.25, 0.3) is 0 Å². The lowest BCUT2D eigenvalue weighted by Crippen LogP contribution is -2.01. The standard InChI is InChI=1S/C35H60O/c1-3-5-6-7-8-9-10-11-12-13-14-15-16-17-18-19-20-21-22-23-24-25-26-27-28-29-30-31-32-33-34-35(36)4-2/h2,19-20,23-24,35-36H,3,5-18,21-22,25-26,29-34H2,1H3/b20-19-,24-23-/t35-/m0/s1. The summed E-state index contributed by atoms with van der Waals surface area (Å²) in [7, 11) is 0. The predicted molar refractivity (Wildman–Crippen MR) is 162 cm³/mol. The largest absolute Gasteiger partial charge is 0.380 e. The van der Waals surface area contributed by atoms with Gasteiger partial charge in [0, 0.05) is 12.8 Å². The van der Waals surface area contributed by atoms with Gasteiger partial charge in [0.05, 0.1) is 0 Å². The lowest BCUT2D eigenvalue weighted by atomic mass is 10.0. The molecule has 0 aromatic heterocycles. The van der Waals surface area contributed by atoms with Crippen molar-refractivity contribution in [2.75, 3.05) is 0 Å². The summed E-state index contributed by atoms with van der Waals surface area (Å²) < 4.78 is 0. The van der Waals surface area contributed by atoms with Crippen LogP contribution in [0.5, 0.6) is 0 Å². The summed E-state index contributed by atoms with van der Waals surface area (Å²) in [5, 5.41) is 9.30. The van der Waals surface area contributed by atoms with Gasteiger partial charge in [-0.25, -0.2) is 0 Å². The minimum absolute atomic E-state index is 0.562. The molecule has 0 spiro atoms. The van der Waals surface area contributed by atoms with Gasteiger partial charge in [-0.2, -0.15) is 0 Å². The Morgan fingerprint density at radius 1 is 0.528 bits per heavy atom. The van der Waals surface area contributed by atoms with Crippen molar-refractivity contribution in [3.8, 4) is 24.2 Å². The summed E-state index contributed by atoms with van der Waals surface area (Å²) in [5.41, 5.74) is 0. The topological polar surface area (TPSA) is 20.2 Å². The Bertz CT molecular complexity index is 582. The van der Waals surface area contributed by atoms with Gasteiger partial charge in [0.2, 0.25) is 0 Å². The van der Waals surface area contributed by atoms with Gasteiger partial charge in [0.15, 0.2) is 0 Å². The molecule has 0 bridgehead atoms. The van der Waals surface area contributed by atoms with Gasteiger partial charge in [0.1, 0.15) is 6.10 Å². The highest BCUT2D eigenvalue weighted by molar-refractivity contribution is 5.00. The van der Waals surface area contributed by atoms with Crippen molar-refractivity contribution >= 4 is 0 Å². The van der Waals surface area contributed by atoms with Gasteiger partial charge >= 0.3 is 0 Å². The lowest BCUT2D eigenvalue weighted by Gasteiger charge is -2.02. The van der Waals surface area contributed by atoms with Crippen LogP contribution < -0.4 is 0 Å². The fourth-order valence-electron chi connectivity index (χ4n) is 4.44. The van der Waals surface area contributed by atoms with Crippen LogP contribution in [0.4, 0.5) is 0 Å².